The minimum Gasteiger partial charge on any atom is -0.378 e. The monoisotopic (exact) mass is 590 g/mol. The molecule has 1 aliphatic rings. The van der Waals surface area contributed by atoms with Crippen molar-refractivity contribution in [2.45, 2.75) is 26.8 Å². The van der Waals surface area contributed by atoms with Crippen molar-refractivity contribution in [3.05, 3.63) is 107 Å². The van der Waals surface area contributed by atoms with Gasteiger partial charge in [-0.1, -0.05) is 41.6 Å². The molecule has 1 fully saturated rings. The standard InChI is InChI=1S/C33H34N8O3/c1-21-9-10-26(37-32(42)25-11-12-34-30(17-25)40-13-15-44-16-14-40)18-28(21)38-29-19-35-39-41-20-27(22(2)31(29)41)33(43)36-23(3)24-7-5-4-6-8-24/h4-12,17-20,23,38H,13-16H2,1-3H3,(H,36,43)(H,37,42)/t23-/m0/s1. The zero-order valence-corrected chi connectivity index (χ0v) is 24.9. The molecule has 5 aromatic rings. The minimum absolute atomic E-state index is 0.159. The number of hydrogen-bond donors (Lipinski definition) is 3. The highest BCUT2D eigenvalue weighted by Crippen LogP contribution is 2.30. The number of amides is 2. The average Bonchev–Trinajstić information content (AvgIpc) is 3.40. The van der Waals surface area contributed by atoms with Gasteiger partial charge in [0.15, 0.2) is 0 Å². The smallest absolute Gasteiger partial charge is 0.255 e. The van der Waals surface area contributed by atoms with Gasteiger partial charge in [-0.05, 0) is 61.7 Å². The molecule has 3 N–H and O–H groups in total. The van der Waals surface area contributed by atoms with E-state index in [1.807, 2.05) is 69.3 Å². The topological polar surface area (TPSA) is 126 Å². The van der Waals surface area contributed by atoms with Crippen LogP contribution < -0.4 is 20.9 Å². The maximum absolute atomic E-state index is 13.3. The minimum atomic E-state index is -0.229. The molecule has 2 amide bonds. The second-order valence-electron chi connectivity index (χ2n) is 10.8. The van der Waals surface area contributed by atoms with Crippen molar-refractivity contribution in [3.63, 3.8) is 0 Å². The molecule has 0 bridgehead atoms. The summed E-state index contributed by atoms with van der Waals surface area (Å²) in [6, 6.07) is 18.8. The summed E-state index contributed by atoms with van der Waals surface area (Å²) in [5.74, 6) is 0.336. The van der Waals surface area contributed by atoms with Gasteiger partial charge in [0.05, 0.1) is 42.2 Å². The van der Waals surface area contributed by atoms with E-state index in [0.717, 1.165) is 46.8 Å². The number of aryl methyl sites for hydroxylation is 2. The van der Waals surface area contributed by atoms with Gasteiger partial charge in [0.25, 0.3) is 11.8 Å². The predicted octanol–water partition coefficient (Wildman–Crippen LogP) is 5.06. The van der Waals surface area contributed by atoms with Gasteiger partial charge in [0.2, 0.25) is 0 Å². The van der Waals surface area contributed by atoms with Crippen molar-refractivity contribution < 1.29 is 14.3 Å². The number of anilines is 4. The molecule has 3 aromatic heterocycles. The van der Waals surface area contributed by atoms with Crippen molar-refractivity contribution >= 4 is 40.2 Å². The quantitative estimate of drug-likeness (QED) is 0.229. The summed E-state index contributed by atoms with van der Waals surface area (Å²) >= 11 is 0. The summed E-state index contributed by atoms with van der Waals surface area (Å²) < 4.78 is 7.04. The summed E-state index contributed by atoms with van der Waals surface area (Å²) in [6.45, 7) is 8.59. The molecule has 0 saturated carbocycles. The van der Waals surface area contributed by atoms with Crippen LogP contribution in [-0.4, -0.2) is 57.9 Å². The van der Waals surface area contributed by atoms with Gasteiger partial charge >= 0.3 is 0 Å². The average molecular weight is 591 g/mol. The number of nitrogens with zero attached hydrogens (tertiary/aromatic N) is 5. The van der Waals surface area contributed by atoms with Gasteiger partial charge < -0.3 is 25.6 Å². The zero-order chi connectivity index (χ0) is 30.6. The largest absolute Gasteiger partial charge is 0.378 e. The van der Waals surface area contributed by atoms with Gasteiger partial charge in [-0.3, -0.25) is 9.59 Å². The summed E-state index contributed by atoms with van der Waals surface area (Å²) in [5, 5.41) is 17.9. The van der Waals surface area contributed by atoms with Crippen LogP contribution in [0.3, 0.4) is 0 Å². The van der Waals surface area contributed by atoms with Crippen molar-refractivity contribution in [1.82, 2.24) is 25.1 Å². The first-order valence-electron chi connectivity index (χ1n) is 14.5. The number of benzene rings is 2. The van der Waals surface area contributed by atoms with E-state index in [4.69, 9.17) is 4.74 Å². The molecule has 0 spiro atoms. The highest BCUT2D eigenvalue weighted by molar-refractivity contribution is 6.05. The third-order valence-electron chi connectivity index (χ3n) is 7.83. The maximum atomic E-state index is 13.3. The highest BCUT2D eigenvalue weighted by Gasteiger charge is 2.20. The van der Waals surface area contributed by atoms with E-state index in [-0.39, 0.29) is 17.9 Å². The summed E-state index contributed by atoms with van der Waals surface area (Å²) in [7, 11) is 0. The number of carbonyl (C=O) groups is 2. The van der Waals surface area contributed by atoms with Gasteiger partial charge in [-0.25, -0.2) is 9.50 Å². The summed E-state index contributed by atoms with van der Waals surface area (Å²) in [6.07, 6.45) is 4.98. The van der Waals surface area contributed by atoms with Crippen LogP contribution in [-0.2, 0) is 4.74 Å². The van der Waals surface area contributed by atoms with Crippen LogP contribution in [0.2, 0.25) is 0 Å². The lowest BCUT2D eigenvalue weighted by atomic mass is 10.1. The molecule has 224 valence electrons. The molecule has 0 radical (unpaired) electrons. The zero-order valence-electron chi connectivity index (χ0n) is 24.9. The Balaban J connectivity index is 1.21. The number of carbonyl (C=O) groups excluding carboxylic acids is 2. The van der Waals surface area contributed by atoms with Crippen LogP contribution in [0, 0.1) is 13.8 Å². The van der Waals surface area contributed by atoms with Crippen LogP contribution in [0.25, 0.3) is 5.52 Å². The lowest BCUT2D eigenvalue weighted by molar-refractivity contribution is 0.0938. The Morgan fingerprint density at radius 1 is 0.955 bits per heavy atom. The second-order valence-corrected chi connectivity index (χ2v) is 10.8. The Kier molecular flexibility index (Phi) is 8.20. The van der Waals surface area contributed by atoms with E-state index < -0.39 is 0 Å². The first-order chi connectivity index (χ1) is 21.4. The number of hydrogen-bond acceptors (Lipinski definition) is 8. The molecule has 1 saturated heterocycles. The Bertz CT molecular complexity index is 1820. The van der Waals surface area contributed by atoms with E-state index in [1.54, 1.807) is 35.2 Å². The molecule has 0 unspecified atom stereocenters. The fourth-order valence-corrected chi connectivity index (χ4v) is 5.31. The fraction of sp³-hybridized carbons (Fsp3) is 0.242. The molecule has 11 heteroatoms. The van der Waals surface area contributed by atoms with Crippen molar-refractivity contribution in [2.75, 3.05) is 41.8 Å². The van der Waals surface area contributed by atoms with E-state index in [1.165, 1.54) is 0 Å². The van der Waals surface area contributed by atoms with E-state index in [2.05, 4.69) is 36.1 Å². The SMILES string of the molecule is Cc1ccc(NC(=O)c2ccnc(N3CCOCC3)c2)cc1Nc1cnnn2cc(C(=O)N[C@@H](C)c3ccccc3)c(C)c12. The third kappa shape index (κ3) is 6.09. The summed E-state index contributed by atoms with van der Waals surface area (Å²) in [5.41, 5.74) is 6.64. The highest BCUT2D eigenvalue weighted by atomic mass is 16.5. The van der Waals surface area contributed by atoms with Crippen LogP contribution in [0.15, 0.2) is 79.3 Å². The first-order valence-corrected chi connectivity index (χ1v) is 14.5. The lowest BCUT2D eigenvalue weighted by Crippen LogP contribution is -2.36. The summed E-state index contributed by atoms with van der Waals surface area (Å²) in [4.78, 5) is 33.0. The Hall–Kier alpha value is -5.29. The molecule has 6 rings (SSSR count). The molecule has 0 aliphatic carbocycles. The van der Waals surface area contributed by atoms with E-state index >= 15 is 0 Å². The molecule has 1 atom stereocenters. The lowest BCUT2D eigenvalue weighted by Gasteiger charge is -2.27. The van der Waals surface area contributed by atoms with Gasteiger partial charge in [0, 0.05) is 42.4 Å². The Morgan fingerprint density at radius 2 is 1.75 bits per heavy atom. The van der Waals surface area contributed by atoms with Gasteiger partial charge in [-0.15, -0.1) is 5.10 Å². The van der Waals surface area contributed by atoms with Gasteiger partial charge in [-0.2, -0.15) is 0 Å². The molecule has 44 heavy (non-hydrogen) atoms. The number of fused-ring (bicyclic) bond motifs is 1. The molecule has 1 aliphatic heterocycles. The van der Waals surface area contributed by atoms with Crippen LogP contribution in [0.1, 0.15) is 50.4 Å². The van der Waals surface area contributed by atoms with Crippen LogP contribution in [0.5, 0.6) is 0 Å². The molecular weight excluding hydrogens is 556 g/mol. The number of morpholine rings is 1. The Morgan fingerprint density at radius 3 is 2.55 bits per heavy atom. The fourth-order valence-electron chi connectivity index (χ4n) is 5.31. The van der Waals surface area contributed by atoms with Crippen molar-refractivity contribution in [1.29, 1.82) is 0 Å². The van der Waals surface area contributed by atoms with Crippen LogP contribution in [0.4, 0.5) is 22.9 Å². The second kappa shape index (κ2) is 12.5. The van der Waals surface area contributed by atoms with Crippen LogP contribution >= 0.6 is 0 Å². The number of nitrogens with one attached hydrogen (secondary N) is 3. The van der Waals surface area contributed by atoms with Crippen molar-refractivity contribution in [3.8, 4) is 0 Å². The normalized spacial score (nSPS) is 13.8. The third-order valence-corrected chi connectivity index (χ3v) is 7.83. The molecule has 2 aromatic carbocycles. The molecule has 4 heterocycles. The molecule has 11 nitrogen and oxygen atoms in total. The van der Waals surface area contributed by atoms with Gasteiger partial charge in [0.1, 0.15) is 5.82 Å². The Labute approximate surface area is 255 Å². The van der Waals surface area contributed by atoms with E-state index in [9.17, 15) is 9.59 Å². The van der Waals surface area contributed by atoms with E-state index in [0.29, 0.717) is 35.7 Å². The first kappa shape index (κ1) is 28.8. The predicted molar refractivity (Wildman–Crippen MR) is 170 cm³/mol. The maximum Gasteiger partial charge on any atom is 0.255 e. The number of ether oxygens (including phenoxy) is 1. The number of rotatable bonds is 8. The number of aromatic nitrogens is 4. The van der Waals surface area contributed by atoms with Crippen molar-refractivity contribution in [2.24, 2.45) is 0 Å². The number of pyridine rings is 1. The molecular formula is C33H34N8O3.